The van der Waals surface area contributed by atoms with Crippen molar-refractivity contribution in [2.75, 3.05) is 25.6 Å². The van der Waals surface area contributed by atoms with Gasteiger partial charge >= 0.3 is 0 Å². The van der Waals surface area contributed by atoms with Crippen LogP contribution in [0.25, 0.3) is 11.5 Å². The van der Waals surface area contributed by atoms with E-state index in [4.69, 9.17) is 13.9 Å². The van der Waals surface area contributed by atoms with Gasteiger partial charge in [-0.05, 0) is 37.5 Å². The zero-order chi connectivity index (χ0) is 18.9. The molecule has 4 rings (SSSR count). The van der Waals surface area contributed by atoms with E-state index >= 15 is 0 Å². The van der Waals surface area contributed by atoms with Crippen LogP contribution in [-0.4, -0.2) is 48.6 Å². The molecule has 1 saturated heterocycles. The fourth-order valence-corrected chi connectivity index (χ4v) is 5.12. The van der Waals surface area contributed by atoms with Crippen molar-refractivity contribution < 1.29 is 22.3 Å². The van der Waals surface area contributed by atoms with Crippen molar-refractivity contribution in [3.63, 3.8) is 0 Å². The molecule has 9 heteroatoms. The molecule has 0 spiro atoms. The molecule has 1 atom stereocenters. The van der Waals surface area contributed by atoms with Gasteiger partial charge in [0.2, 0.25) is 28.6 Å². The third-order valence-corrected chi connectivity index (χ3v) is 6.87. The maximum absolute atomic E-state index is 12.5. The number of hydrogen-bond donors (Lipinski definition) is 0. The van der Waals surface area contributed by atoms with E-state index in [1.807, 2.05) is 25.1 Å². The van der Waals surface area contributed by atoms with Crippen LogP contribution in [0.2, 0.25) is 0 Å². The van der Waals surface area contributed by atoms with Gasteiger partial charge in [-0.3, -0.25) is 0 Å². The minimum atomic E-state index is -3.23. The summed E-state index contributed by atoms with van der Waals surface area (Å²) in [6.45, 7) is 3.16. The smallest absolute Gasteiger partial charge is 0.247 e. The molecule has 0 N–H and O–H groups in total. The summed E-state index contributed by atoms with van der Waals surface area (Å²) in [5.74, 6) is 2.34. The van der Waals surface area contributed by atoms with Crippen LogP contribution >= 0.6 is 0 Å². The molecule has 2 aliphatic heterocycles. The lowest BCUT2D eigenvalue weighted by atomic mass is 10.00. The second-order valence-corrected chi connectivity index (χ2v) is 8.97. The first-order chi connectivity index (χ1) is 13.1. The quantitative estimate of drug-likeness (QED) is 0.745. The molecule has 0 saturated carbocycles. The zero-order valence-corrected chi connectivity index (χ0v) is 16.1. The highest BCUT2D eigenvalue weighted by molar-refractivity contribution is 7.89. The van der Waals surface area contributed by atoms with E-state index in [1.165, 1.54) is 0 Å². The fourth-order valence-electron chi connectivity index (χ4n) is 3.40. The highest BCUT2D eigenvalue weighted by atomic mass is 32.2. The van der Waals surface area contributed by atoms with Gasteiger partial charge in [-0.25, -0.2) is 12.7 Å². The maximum atomic E-state index is 12.5. The van der Waals surface area contributed by atoms with Crippen LogP contribution in [-0.2, 0) is 10.0 Å². The summed E-state index contributed by atoms with van der Waals surface area (Å²) in [4.78, 5) is 0. The first kappa shape index (κ1) is 18.2. The molecule has 2 aliphatic rings. The standard InChI is InChI=1S/C18H23N3O5S/c1-2-3-9-27(22,23)21-8-4-5-14(11-21)18-20-19-17(26-18)13-6-7-15-16(10-13)25-12-24-15/h6-7,10,14H,2-5,8-9,11-12H2,1H3. The second-order valence-electron chi connectivity index (χ2n) is 6.88. The topological polar surface area (TPSA) is 94.8 Å². The first-order valence-electron chi connectivity index (χ1n) is 9.28. The lowest BCUT2D eigenvalue weighted by Gasteiger charge is -2.30. The van der Waals surface area contributed by atoms with E-state index < -0.39 is 10.0 Å². The molecule has 1 fully saturated rings. The Balaban J connectivity index is 1.49. The molecule has 1 aromatic heterocycles. The molecule has 0 bridgehead atoms. The van der Waals surface area contributed by atoms with Gasteiger partial charge in [0.25, 0.3) is 0 Å². The third kappa shape index (κ3) is 3.79. The first-order valence-corrected chi connectivity index (χ1v) is 10.9. The van der Waals surface area contributed by atoms with Crippen LogP contribution < -0.4 is 9.47 Å². The summed E-state index contributed by atoms with van der Waals surface area (Å²) in [7, 11) is -3.23. The Bertz CT molecular complexity index is 911. The summed E-state index contributed by atoms with van der Waals surface area (Å²) in [6.07, 6.45) is 3.16. The van der Waals surface area contributed by atoms with E-state index in [0.29, 0.717) is 42.8 Å². The lowest BCUT2D eigenvalue weighted by molar-refractivity contribution is 0.174. The van der Waals surface area contributed by atoms with Crippen molar-refractivity contribution >= 4 is 10.0 Å². The van der Waals surface area contributed by atoms with Gasteiger partial charge in [-0.1, -0.05) is 13.3 Å². The molecular formula is C18H23N3O5S. The number of ether oxygens (including phenoxy) is 2. The molecule has 27 heavy (non-hydrogen) atoms. The number of rotatable bonds is 6. The van der Waals surface area contributed by atoms with Crippen molar-refractivity contribution in [3.8, 4) is 23.0 Å². The normalized spacial score (nSPS) is 20.1. The van der Waals surface area contributed by atoms with E-state index in [9.17, 15) is 8.42 Å². The Kier molecular flexibility index (Phi) is 5.05. The summed E-state index contributed by atoms with van der Waals surface area (Å²) in [5.41, 5.74) is 0.751. The molecule has 1 aromatic carbocycles. The number of benzene rings is 1. The summed E-state index contributed by atoms with van der Waals surface area (Å²) < 4.78 is 43.1. The number of piperidine rings is 1. The van der Waals surface area contributed by atoms with E-state index in [0.717, 1.165) is 24.8 Å². The van der Waals surface area contributed by atoms with Gasteiger partial charge in [-0.15, -0.1) is 10.2 Å². The van der Waals surface area contributed by atoms with Crippen molar-refractivity contribution in [2.24, 2.45) is 0 Å². The number of unbranched alkanes of at least 4 members (excludes halogenated alkanes) is 1. The minimum absolute atomic E-state index is 0.0783. The van der Waals surface area contributed by atoms with Gasteiger partial charge in [0.15, 0.2) is 11.5 Å². The van der Waals surface area contributed by atoms with Crippen molar-refractivity contribution in [3.05, 3.63) is 24.1 Å². The van der Waals surface area contributed by atoms with Gasteiger partial charge in [0, 0.05) is 18.7 Å². The van der Waals surface area contributed by atoms with Crippen LogP contribution in [0.15, 0.2) is 22.6 Å². The van der Waals surface area contributed by atoms with E-state index in [-0.39, 0.29) is 18.5 Å². The van der Waals surface area contributed by atoms with Crippen LogP contribution in [0.5, 0.6) is 11.5 Å². The number of sulfonamides is 1. The van der Waals surface area contributed by atoms with Crippen molar-refractivity contribution in [2.45, 2.75) is 38.5 Å². The molecule has 8 nitrogen and oxygen atoms in total. The Hall–Kier alpha value is -2.13. The predicted molar refractivity (Wildman–Crippen MR) is 98.1 cm³/mol. The molecule has 1 unspecified atom stereocenters. The van der Waals surface area contributed by atoms with Gasteiger partial charge in [0.1, 0.15) is 0 Å². The number of fused-ring (bicyclic) bond motifs is 1. The second kappa shape index (κ2) is 7.47. The van der Waals surface area contributed by atoms with Crippen LogP contribution in [0.4, 0.5) is 0 Å². The monoisotopic (exact) mass is 393 g/mol. The van der Waals surface area contributed by atoms with Gasteiger partial charge < -0.3 is 13.9 Å². The summed E-state index contributed by atoms with van der Waals surface area (Å²) >= 11 is 0. The number of hydrogen-bond acceptors (Lipinski definition) is 7. The SMILES string of the molecule is CCCCS(=O)(=O)N1CCCC(c2nnc(-c3ccc4c(c3)OCO4)o2)C1. The van der Waals surface area contributed by atoms with Gasteiger partial charge in [0.05, 0.1) is 11.7 Å². The Morgan fingerprint density at radius 2 is 2.07 bits per heavy atom. The lowest BCUT2D eigenvalue weighted by Crippen LogP contribution is -2.40. The average Bonchev–Trinajstić information content (AvgIpc) is 3.35. The minimum Gasteiger partial charge on any atom is -0.454 e. The van der Waals surface area contributed by atoms with Crippen LogP contribution in [0.3, 0.4) is 0 Å². The summed E-state index contributed by atoms with van der Waals surface area (Å²) in [5, 5.41) is 8.32. The molecule has 2 aromatic rings. The molecule has 0 radical (unpaired) electrons. The predicted octanol–water partition coefficient (Wildman–Crippen LogP) is 2.77. The maximum Gasteiger partial charge on any atom is 0.247 e. The number of aromatic nitrogens is 2. The van der Waals surface area contributed by atoms with E-state index in [1.54, 1.807) is 4.31 Å². The molecule has 0 aliphatic carbocycles. The van der Waals surface area contributed by atoms with Crippen LogP contribution in [0, 0.1) is 0 Å². The third-order valence-electron chi connectivity index (χ3n) is 4.94. The fraction of sp³-hybridized carbons (Fsp3) is 0.556. The molecule has 146 valence electrons. The van der Waals surface area contributed by atoms with Crippen molar-refractivity contribution in [1.29, 1.82) is 0 Å². The van der Waals surface area contributed by atoms with E-state index in [2.05, 4.69) is 10.2 Å². The highest BCUT2D eigenvalue weighted by Gasteiger charge is 2.32. The Morgan fingerprint density at radius 1 is 1.22 bits per heavy atom. The average molecular weight is 393 g/mol. The molecule has 3 heterocycles. The molecule has 0 amide bonds. The molecular weight excluding hydrogens is 370 g/mol. The van der Waals surface area contributed by atoms with Crippen LogP contribution in [0.1, 0.15) is 44.4 Å². The Labute approximate surface area is 158 Å². The largest absolute Gasteiger partial charge is 0.454 e. The van der Waals surface area contributed by atoms with Crippen molar-refractivity contribution in [1.82, 2.24) is 14.5 Å². The zero-order valence-electron chi connectivity index (χ0n) is 15.3. The highest BCUT2D eigenvalue weighted by Crippen LogP contribution is 2.36. The Morgan fingerprint density at radius 3 is 2.93 bits per heavy atom. The number of nitrogens with zero attached hydrogens (tertiary/aromatic N) is 3. The summed E-state index contributed by atoms with van der Waals surface area (Å²) in [6, 6.07) is 5.46. The van der Waals surface area contributed by atoms with Gasteiger partial charge in [-0.2, -0.15) is 0 Å².